The lowest BCUT2D eigenvalue weighted by Gasteiger charge is -2.14. The van der Waals surface area contributed by atoms with Gasteiger partial charge in [-0.15, -0.1) is 0 Å². The van der Waals surface area contributed by atoms with Crippen LogP contribution >= 0.6 is 0 Å². The van der Waals surface area contributed by atoms with E-state index in [-0.39, 0.29) is 18.7 Å². The van der Waals surface area contributed by atoms with Crippen molar-refractivity contribution in [3.63, 3.8) is 0 Å². The van der Waals surface area contributed by atoms with Crippen LogP contribution in [0.4, 0.5) is 0 Å². The third-order valence-electron chi connectivity index (χ3n) is 4.35. The molecule has 4 heteroatoms. The fourth-order valence-corrected chi connectivity index (χ4v) is 2.74. The monoisotopic (exact) mass is 344 g/mol. The SMILES string of the molecule is CCCCCCCCCCCCCCC(=O)OCC(COC)OC. The highest BCUT2D eigenvalue weighted by Gasteiger charge is 2.10. The molecule has 0 saturated heterocycles. The van der Waals surface area contributed by atoms with E-state index < -0.39 is 0 Å². The van der Waals surface area contributed by atoms with Crippen LogP contribution in [-0.2, 0) is 19.0 Å². The first-order valence-corrected chi connectivity index (χ1v) is 9.91. The summed E-state index contributed by atoms with van der Waals surface area (Å²) in [7, 11) is 3.21. The van der Waals surface area contributed by atoms with E-state index in [1.54, 1.807) is 14.2 Å². The summed E-state index contributed by atoms with van der Waals surface area (Å²) in [6.07, 6.45) is 15.9. The van der Waals surface area contributed by atoms with Gasteiger partial charge in [-0.2, -0.15) is 0 Å². The van der Waals surface area contributed by atoms with Crippen LogP contribution in [0.1, 0.15) is 90.4 Å². The number of rotatable bonds is 18. The number of hydrogen-bond donors (Lipinski definition) is 0. The van der Waals surface area contributed by atoms with Gasteiger partial charge in [0.05, 0.1) is 6.61 Å². The lowest BCUT2D eigenvalue weighted by atomic mass is 10.0. The van der Waals surface area contributed by atoms with Crippen molar-refractivity contribution in [3.05, 3.63) is 0 Å². The van der Waals surface area contributed by atoms with Gasteiger partial charge in [0.1, 0.15) is 12.7 Å². The Balaban J connectivity index is 3.27. The second-order valence-electron chi connectivity index (χ2n) is 6.64. The van der Waals surface area contributed by atoms with Crippen molar-refractivity contribution in [2.24, 2.45) is 0 Å². The van der Waals surface area contributed by atoms with Gasteiger partial charge in [-0.05, 0) is 6.42 Å². The molecule has 0 bridgehead atoms. The third-order valence-corrected chi connectivity index (χ3v) is 4.35. The van der Waals surface area contributed by atoms with Gasteiger partial charge >= 0.3 is 5.97 Å². The molecule has 0 aliphatic carbocycles. The molecule has 0 heterocycles. The Morgan fingerprint density at radius 1 is 0.750 bits per heavy atom. The van der Waals surface area contributed by atoms with Crippen LogP contribution in [0.2, 0.25) is 0 Å². The average Bonchev–Trinajstić information content (AvgIpc) is 2.59. The molecule has 1 atom stereocenters. The van der Waals surface area contributed by atoms with E-state index in [4.69, 9.17) is 14.2 Å². The van der Waals surface area contributed by atoms with E-state index in [0.29, 0.717) is 13.0 Å². The van der Waals surface area contributed by atoms with Crippen LogP contribution in [0.25, 0.3) is 0 Å². The average molecular weight is 345 g/mol. The van der Waals surface area contributed by atoms with Gasteiger partial charge in [0.25, 0.3) is 0 Å². The molecular weight excluding hydrogens is 304 g/mol. The Morgan fingerprint density at radius 2 is 1.25 bits per heavy atom. The van der Waals surface area contributed by atoms with Gasteiger partial charge in [-0.1, -0.05) is 77.6 Å². The number of hydrogen-bond acceptors (Lipinski definition) is 4. The molecule has 0 radical (unpaired) electrons. The second-order valence-corrected chi connectivity index (χ2v) is 6.64. The topological polar surface area (TPSA) is 44.8 Å². The molecule has 0 aromatic rings. The molecule has 0 rings (SSSR count). The predicted molar refractivity (Wildman–Crippen MR) is 99.3 cm³/mol. The van der Waals surface area contributed by atoms with Crippen molar-refractivity contribution >= 4 is 5.97 Å². The summed E-state index contributed by atoms with van der Waals surface area (Å²) >= 11 is 0. The van der Waals surface area contributed by atoms with Gasteiger partial charge in [0, 0.05) is 20.6 Å². The van der Waals surface area contributed by atoms with E-state index in [9.17, 15) is 4.79 Å². The summed E-state index contributed by atoms with van der Waals surface area (Å²) in [5, 5.41) is 0. The molecule has 0 N–H and O–H groups in total. The minimum atomic E-state index is -0.166. The highest BCUT2D eigenvalue weighted by atomic mass is 16.6. The molecule has 0 saturated carbocycles. The van der Waals surface area contributed by atoms with Crippen LogP contribution in [0.3, 0.4) is 0 Å². The summed E-state index contributed by atoms with van der Waals surface area (Å²) in [6, 6.07) is 0. The quantitative estimate of drug-likeness (QED) is 0.250. The van der Waals surface area contributed by atoms with Crippen LogP contribution in [0.5, 0.6) is 0 Å². The Labute approximate surface area is 149 Å². The lowest BCUT2D eigenvalue weighted by molar-refractivity contribution is -0.148. The molecule has 1 unspecified atom stereocenters. The zero-order valence-electron chi connectivity index (χ0n) is 16.3. The van der Waals surface area contributed by atoms with Crippen molar-refractivity contribution in [3.8, 4) is 0 Å². The second kappa shape index (κ2) is 18.7. The highest BCUT2D eigenvalue weighted by Crippen LogP contribution is 2.12. The molecule has 4 nitrogen and oxygen atoms in total. The number of methoxy groups -OCH3 is 2. The third kappa shape index (κ3) is 16.3. The van der Waals surface area contributed by atoms with E-state index in [0.717, 1.165) is 12.8 Å². The summed E-state index contributed by atoms with van der Waals surface area (Å²) < 4.78 is 15.3. The van der Waals surface area contributed by atoms with Crippen LogP contribution in [0, 0.1) is 0 Å². The van der Waals surface area contributed by atoms with Crippen molar-refractivity contribution in [2.75, 3.05) is 27.4 Å². The van der Waals surface area contributed by atoms with Crippen LogP contribution < -0.4 is 0 Å². The molecule has 0 spiro atoms. The zero-order chi connectivity index (χ0) is 17.9. The maximum Gasteiger partial charge on any atom is 0.305 e. The molecule has 24 heavy (non-hydrogen) atoms. The fourth-order valence-electron chi connectivity index (χ4n) is 2.74. The Morgan fingerprint density at radius 3 is 1.71 bits per heavy atom. The normalized spacial score (nSPS) is 12.3. The minimum absolute atomic E-state index is 0.125. The van der Waals surface area contributed by atoms with Gasteiger partial charge in [0.15, 0.2) is 0 Å². The summed E-state index contributed by atoms with van der Waals surface area (Å²) in [5.74, 6) is -0.125. The summed E-state index contributed by atoms with van der Waals surface area (Å²) in [4.78, 5) is 11.6. The Hall–Kier alpha value is -0.610. The van der Waals surface area contributed by atoms with E-state index in [2.05, 4.69) is 6.92 Å². The van der Waals surface area contributed by atoms with Gasteiger partial charge in [-0.3, -0.25) is 4.79 Å². The van der Waals surface area contributed by atoms with Crippen molar-refractivity contribution < 1.29 is 19.0 Å². The van der Waals surface area contributed by atoms with Crippen LogP contribution in [0.15, 0.2) is 0 Å². The van der Waals surface area contributed by atoms with Gasteiger partial charge in [0.2, 0.25) is 0 Å². The van der Waals surface area contributed by atoms with Gasteiger partial charge < -0.3 is 14.2 Å². The molecular formula is C20H40O4. The predicted octanol–water partition coefficient (Wildman–Crippen LogP) is 5.28. The van der Waals surface area contributed by atoms with Crippen molar-refractivity contribution in [1.29, 1.82) is 0 Å². The Bertz CT molecular complexity index is 268. The molecule has 0 aliphatic rings. The summed E-state index contributed by atoms with van der Waals surface area (Å²) in [6.45, 7) is 2.99. The number of esters is 1. The highest BCUT2D eigenvalue weighted by molar-refractivity contribution is 5.69. The van der Waals surface area contributed by atoms with E-state index >= 15 is 0 Å². The first kappa shape index (κ1) is 23.4. The molecule has 0 aliphatic heterocycles. The standard InChI is InChI=1S/C20H40O4/c1-4-5-6-7-8-9-10-11-12-13-14-15-16-20(21)24-18-19(23-3)17-22-2/h19H,4-18H2,1-3H3. The minimum Gasteiger partial charge on any atom is -0.463 e. The first-order valence-electron chi connectivity index (χ1n) is 9.91. The number of unbranched alkanes of at least 4 members (excludes halogenated alkanes) is 11. The largest absolute Gasteiger partial charge is 0.463 e. The molecule has 0 aromatic carbocycles. The number of carbonyl (C=O) groups excluding carboxylic acids is 1. The maximum absolute atomic E-state index is 11.6. The number of ether oxygens (including phenoxy) is 3. The van der Waals surface area contributed by atoms with E-state index in [1.807, 2.05) is 0 Å². The van der Waals surface area contributed by atoms with Gasteiger partial charge in [-0.25, -0.2) is 0 Å². The smallest absolute Gasteiger partial charge is 0.305 e. The summed E-state index contributed by atoms with van der Waals surface area (Å²) in [5.41, 5.74) is 0. The molecule has 0 aromatic heterocycles. The Kier molecular flexibility index (Phi) is 18.2. The molecule has 144 valence electrons. The van der Waals surface area contributed by atoms with Crippen molar-refractivity contribution in [1.82, 2.24) is 0 Å². The lowest BCUT2D eigenvalue weighted by Crippen LogP contribution is -2.25. The molecule has 0 fully saturated rings. The maximum atomic E-state index is 11.6. The zero-order valence-corrected chi connectivity index (χ0v) is 16.3. The first-order chi connectivity index (χ1) is 11.7. The van der Waals surface area contributed by atoms with E-state index in [1.165, 1.54) is 64.2 Å². The fraction of sp³-hybridized carbons (Fsp3) is 0.950. The van der Waals surface area contributed by atoms with Crippen molar-refractivity contribution in [2.45, 2.75) is 96.5 Å². The number of carbonyl (C=O) groups is 1. The van der Waals surface area contributed by atoms with Crippen LogP contribution in [-0.4, -0.2) is 39.5 Å². The molecule has 0 amide bonds.